The first-order chi connectivity index (χ1) is 12.3. The third-order valence-electron chi connectivity index (χ3n) is 4.19. The van der Waals surface area contributed by atoms with Crippen molar-refractivity contribution in [3.05, 3.63) is 77.9 Å². The first-order valence-electron chi connectivity index (χ1n) is 8.70. The fourth-order valence-corrected chi connectivity index (χ4v) is 2.91. The molecular weight excluding hydrogens is 312 g/mol. The Morgan fingerprint density at radius 2 is 1.64 bits per heavy atom. The van der Waals surface area contributed by atoms with E-state index in [0.717, 1.165) is 27.6 Å². The highest BCUT2D eigenvalue weighted by molar-refractivity contribution is 5.84. The summed E-state index contributed by atoms with van der Waals surface area (Å²) in [5.74, 6) is 0.867. The zero-order valence-corrected chi connectivity index (χ0v) is 14.5. The molecule has 0 aromatic heterocycles. The summed E-state index contributed by atoms with van der Waals surface area (Å²) in [5, 5.41) is 11.7. The molecule has 0 aliphatic rings. The molecule has 0 aliphatic carbocycles. The number of hydrogen-bond donors (Lipinski definition) is 1. The molecule has 0 unspecified atom stereocenters. The molecule has 25 heavy (non-hydrogen) atoms. The molecule has 0 spiro atoms. The van der Waals surface area contributed by atoms with E-state index in [2.05, 4.69) is 42.5 Å². The van der Waals surface area contributed by atoms with Crippen molar-refractivity contribution >= 4 is 10.8 Å². The van der Waals surface area contributed by atoms with Crippen molar-refractivity contribution in [3.8, 4) is 5.75 Å². The van der Waals surface area contributed by atoms with Crippen LogP contribution < -0.4 is 4.74 Å². The number of aliphatic hydroxyl groups excluding tert-OH is 1. The number of rotatable bonds is 8. The summed E-state index contributed by atoms with van der Waals surface area (Å²) in [6, 6.07) is 22.6. The van der Waals surface area contributed by atoms with Crippen molar-refractivity contribution in [1.82, 2.24) is 0 Å². The smallest absolute Gasteiger partial charge is 0.120 e. The van der Waals surface area contributed by atoms with Crippen LogP contribution >= 0.6 is 0 Å². The topological polar surface area (TPSA) is 38.7 Å². The summed E-state index contributed by atoms with van der Waals surface area (Å²) in [6.07, 6.45) is 0.572. The van der Waals surface area contributed by atoms with Gasteiger partial charge in [0, 0.05) is 13.0 Å². The standard InChI is InChI=1S/C22H24O3/c1-2-24-22(15-23)13-18-8-9-20-14-21(11-10-19(20)12-18)25-16-17-6-4-3-5-7-17/h3-12,14,22-23H,2,13,15-16H2,1H3/t22-/m0/s1. The third-order valence-corrected chi connectivity index (χ3v) is 4.19. The summed E-state index contributed by atoms with van der Waals surface area (Å²) in [6.45, 7) is 3.16. The molecule has 0 saturated carbocycles. The van der Waals surface area contributed by atoms with Crippen molar-refractivity contribution in [2.45, 2.75) is 26.1 Å². The molecule has 0 fully saturated rings. The van der Waals surface area contributed by atoms with Gasteiger partial charge < -0.3 is 14.6 Å². The Hall–Kier alpha value is -2.36. The van der Waals surface area contributed by atoms with Gasteiger partial charge in [0.2, 0.25) is 0 Å². The molecule has 0 aliphatic heterocycles. The van der Waals surface area contributed by atoms with Gasteiger partial charge in [-0.15, -0.1) is 0 Å². The van der Waals surface area contributed by atoms with E-state index < -0.39 is 0 Å². The summed E-state index contributed by atoms with van der Waals surface area (Å²) in [7, 11) is 0. The largest absolute Gasteiger partial charge is 0.489 e. The Bertz CT molecular complexity index is 799. The molecule has 130 valence electrons. The molecule has 0 heterocycles. The minimum atomic E-state index is -0.143. The van der Waals surface area contributed by atoms with Gasteiger partial charge in [-0.2, -0.15) is 0 Å². The molecule has 0 amide bonds. The summed E-state index contributed by atoms with van der Waals surface area (Å²) in [5.41, 5.74) is 2.32. The van der Waals surface area contributed by atoms with Gasteiger partial charge in [0.25, 0.3) is 0 Å². The van der Waals surface area contributed by atoms with Crippen LogP contribution in [-0.2, 0) is 17.8 Å². The fraction of sp³-hybridized carbons (Fsp3) is 0.273. The molecule has 3 rings (SSSR count). The van der Waals surface area contributed by atoms with Gasteiger partial charge in [-0.3, -0.25) is 0 Å². The number of hydrogen-bond acceptors (Lipinski definition) is 3. The Morgan fingerprint density at radius 1 is 0.880 bits per heavy atom. The zero-order valence-electron chi connectivity index (χ0n) is 14.5. The average Bonchev–Trinajstić information content (AvgIpc) is 2.66. The maximum atomic E-state index is 9.38. The maximum absolute atomic E-state index is 9.38. The second-order valence-corrected chi connectivity index (χ2v) is 6.08. The molecule has 1 atom stereocenters. The lowest BCUT2D eigenvalue weighted by Gasteiger charge is -2.14. The van der Waals surface area contributed by atoms with Gasteiger partial charge in [-0.25, -0.2) is 0 Å². The van der Waals surface area contributed by atoms with E-state index in [-0.39, 0.29) is 12.7 Å². The fourth-order valence-electron chi connectivity index (χ4n) is 2.91. The van der Waals surface area contributed by atoms with Crippen LogP contribution in [0, 0.1) is 0 Å². The first kappa shape index (κ1) is 17.5. The summed E-state index contributed by atoms with van der Waals surface area (Å²) in [4.78, 5) is 0. The Labute approximate surface area is 148 Å². The SMILES string of the molecule is CCO[C@H](CO)Cc1ccc2cc(OCc3ccccc3)ccc2c1. The van der Waals surface area contributed by atoms with E-state index >= 15 is 0 Å². The van der Waals surface area contributed by atoms with Gasteiger partial charge in [0.1, 0.15) is 12.4 Å². The van der Waals surface area contributed by atoms with Crippen LogP contribution in [0.3, 0.4) is 0 Å². The zero-order chi connectivity index (χ0) is 17.5. The lowest BCUT2D eigenvalue weighted by atomic mass is 10.0. The van der Waals surface area contributed by atoms with Gasteiger partial charge in [-0.05, 0) is 41.0 Å². The van der Waals surface area contributed by atoms with Crippen LogP contribution in [0.4, 0.5) is 0 Å². The highest BCUT2D eigenvalue weighted by Crippen LogP contribution is 2.23. The second-order valence-electron chi connectivity index (χ2n) is 6.08. The first-order valence-corrected chi connectivity index (χ1v) is 8.70. The lowest BCUT2D eigenvalue weighted by molar-refractivity contribution is 0.0207. The van der Waals surface area contributed by atoms with Crippen molar-refractivity contribution in [1.29, 1.82) is 0 Å². The van der Waals surface area contributed by atoms with Crippen LogP contribution in [0.25, 0.3) is 10.8 Å². The summed E-state index contributed by atoms with van der Waals surface area (Å²) < 4.78 is 11.4. The highest BCUT2D eigenvalue weighted by Gasteiger charge is 2.09. The third kappa shape index (κ3) is 4.81. The quantitative estimate of drug-likeness (QED) is 0.664. The van der Waals surface area contributed by atoms with Crippen LogP contribution in [0.5, 0.6) is 5.75 Å². The van der Waals surface area contributed by atoms with Crippen LogP contribution in [0.2, 0.25) is 0 Å². The van der Waals surface area contributed by atoms with Crippen LogP contribution in [0.15, 0.2) is 66.7 Å². The van der Waals surface area contributed by atoms with Gasteiger partial charge >= 0.3 is 0 Å². The number of aliphatic hydroxyl groups is 1. The number of fused-ring (bicyclic) bond motifs is 1. The van der Waals surface area contributed by atoms with E-state index in [0.29, 0.717) is 19.6 Å². The van der Waals surface area contributed by atoms with Crippen molar-refractivity contribution in [2.24, 2.45) is 0 Å². The number of benzene rings is 3. The molecular formula is C22H24O3. The molecule has 3 aromatic rings. The van der Waals surface area contributed by atoms with Crippen molar-refractivity contribution in [3.63, 3.8) is 0 Å². The maximum Gasteiger partial charge on any atom is 0.120 e. The summed E-state index contributed by atoms with van der Waals surface area (Å²) >= 11 is 0. The molecule has 3 aromatic carbocycles. The van der Waals surface area contributed by atoms with E-state index in [4.69, 9.17) is 9.47 Å². The molecule has 3 heteroatoms. The lowest BCUT2D eigenvalue weighted by Crippen LogP contribution is -2.20. The predicted molar refractivity (Wildman–Crippen MR) is 101 cm³/mol. The molecule has 0 saturated heterocycles. The van der Waals surface area contributed by atoms with E-state index in [1.54, 1.807) is 0 Å². The van der Waals surface area contributed by atoms with E-state index in [1.165, 1.54) is 0 Å². The molecule has 0 bridgehead atoms. The minimum Gasteiger partial charge on any atom is -0.489 e. The van der Waals surface area contributed by atoms with E-state index in [9.17, 15) is 5.11 Å². The molecule has 3 nitrogen and oxygen atoms in total. The van der Waals surface area contributed by atoms with Gasteiger partial charge in [-0.1, -0.05) is 54.6 Å². The predicted octanol–water partition coefficient (Wildman–Crippen LogP) is 4.36. The number of ether oxygens (including phenoxy) is 2. The van der Waals surface area contributed by atoms with Crippen molar-refractivity contribution < 1.29 is 14.6 Å². The Morgan fingerprint density at radius 3 is 2.40 bits per heavy atom. The average molecular weight is 336 g/mol. The van der Waals surface area contributed by atoms with Gasteiger partial charge in [0.05, 0.1) is 12.7 Å². The normalized spacial score (nSPS) is 12.2. The monoisotopic (exact) mass is 336 g/mol. The van der Waals surface area contributed by atoms with Gasteiger partial charge in [0.15, 0.2) is 0 Å². The Kier molecular flexibility index (Phi) is 6.04. The highest BCUT2D eigenvalue weighted by atomic mass is 16.5. The molecule has 1 N–H and O–H groups in total. The second kappa shape index (κ2) is 8.65. The van der Waals surface area contributed by atoms with E-state index in [1.807, 2.05) is 31.2 Å². The molecule has 0 radical (unpaired) electrons. The van der Waals surface area contributed by atoms with Crippen LogP contribution in [-0.4, -0.2) is 24.4 Å². The Balaban J connectivity index is 1.70. The minimum absolute atomic E-state index is 0.0398. The van der Waals surface area contributed by atoms with Crippen molar-refractivity contribution in [2.75, 3.05) is 13.2 Å². The van der Waals surface area contributed by atoms with Crippen LogP contribution in [0.1, 0.15) is 18.1 Å².